The molecule has 0 bridgehead atoms. The van der Waals surface area contributed by atoms with Crippen LogP contribution in [0.15, 0.2) is 29.4 Å². The van der Waals surface area contributed by atoms with Crippen molar-refractivity contribution < 1.29 is 4.74 Å². The first-order chi connectivity index (χ1) is 10.0. The van der Waals surface area contributed by atoms with Crippen molar-refractivity contribution in [3.8, 4) is 5.75 Å². The molecule has 116 valence electrons. The maximum atomic E-state index is 5.90. The second-order valence-electron chi connectivity index (χ2n) is 5.02. The highest BCUT2D eigenvalue weighted by atomic mass is 32.1. The molecule has 0 unspecified atom stereocenters. The number of nitrogens with one attached hydrogen (secondary N) is 1. The first-order valence-corrected chi connectivity index (χ1v) is 7.80. The molecule has 0 aliphatic carbocycles. The maximum absolute atomic E-state index is 5.90. The standard InChI is InChI=1S/C16H25N3OS/c1-4-14(5-2)20-15-10-8-13(9-11-15)7-6-12(3)18-19-16(17)21/h8-11,14H,4-7H2,1-3H3,(H3,17,19,21)/b18-12+. The Hall–Kier alpha value is -1.62. The van der Waals surface area contributed by atoms with E-state index < -0.39 is 0 Å². The van der Waals surface area contributed by atoms with Gasteiger partial charge in [0.1, 0.15) is 5.75 Å². The molecule has 0 spiro atoms. The van der Waals surface area contributed by atoms with Gasteiger partial charge in [0.15, 0.2) is 5.11 Å². The number of thiocarbonyl (C=S) groups is 1. The van der Waals surface area contributed by atoms with Crippen LogP contribution in [-0.2, 0) is 6.42 Å². The van der Waals surface area contributed by atoms with Gasteiger partial charge < -0.3 is 10.5 Å². The third-order valence-corrected chi connectivity index (χ3v) is 3.36. The van der Waals surface area contributed by atoms with Gasteiger partial charge >= 0.3 is 0 Å². The molecule has 0 heterocycles. The molecular weight excluding hydrogens is 282 g/mol. The quantitative estimate of drug-likeness (QED) is 0.439. The Kier molecular flexibility index (Phi) is 7.75. The number of hydrazone groups is 1. The molecule has 4 nitrogen and oxygen atoms in total. The van der Waals surface area contributed by atoms with E-state index in [1.807, 2.05) is 19.1 Å². The van der Waals surface area contributed by atoms with Crippen molar-refractivity contribution >= 4 is 23.0 Å². The van der Waals surface area contributed by atoms with Crippen molar-refractivity contribution in [1.82, 2.24) is 5.43 Å². The van der Waals surface area contributed by atoms with Gasteiger partial charge in [-0.05, 0) is 62.5 Å². The number of nitrogens with two attached hydrogens (primary N) is 1. The normalized spacial score (nSPS) is 11.5. The van der Waals surface area contributed by atoms with Crippen LogP contribution in [0.5, 0.6) is 5.75 Å². The highest BCUT2D eigenvalue weighted by Gasteiger charge is 2.05. The summed E-state index contributed by atoms with van der Waals surface area (Å²) in [7, 11) is 0. The predicted octanol–water partition coefficient (Wildman–Crippen LogP) is 3.40. The summed E-state index contributed by atoms with van der Waals surface area (Å²) in [4.78, 5) is 0. The zero-order chi connectivity index (χ0) is 15.7. The molecule has 0 radical (unpaired) electrons. The number of rotatable bonds is 8. The minimum absolute atomic E-state index is 0.192. The lowest BCUT2D eigenvalue weighted by atomic mass is 10.1. The van der Waals surface area contributed by atoms with E-state index in [0.717, 1.165) is 37.1 Å². The topological polar surface area (TPSA) is 59.6 Å². The molecule has 0 aliphatic heterocycles. The van der Waals surface area contributed by atoms with Gasteiger partial charge in [-0.1, -0.05) is 26.0 Å². The summed E-state index contributed by atoms with van der Waals surface area (Å²) in [6.07, 6.45) is 4.16. The molecule has 0 atom stereocenters. The summed E-state index contributed by atoms with van der Waals surface area (Å²) in [6, 6.07) is 8.28. The van der Waals surface area contributed by atoms with Crippen molar-refractivity contribution in [2.75, 3.05) is 0 Å². The summed E-state index contributed by atoms with van der Waals surface area (Å²) in [5, 5.41) is 4.29. The third kappa shape index (κ3) is 7.09. The molecule has 1 aromatic rings. The van der Waals surface area contributed by atoms with E-state index >= 15 is 0 Å². The summed E-state index contributed by atoms with van der Waals surface area (Å²) >= 11 is 4.71. The Balaban J connectivity index is 2.47. The van der Waals surface area contributed by atoms with E-state index in [2.05, 4.69) is 36.5 Å². The highest BCUT2D eigenvalue weighted by Crippen LogP contribution is 2.17. The zero-order valence-electron chi connectivity index (χ0n) is 13.1. The van der Waals surface area contributed by atoms with Crippen LogP contribution in [0.25, 0.3) is 0 Å². The van der Waals surface area contributed by atoms with E-state index in [1.165, 1.54) is 5.56 Å². The summed E-state index contributed by atoms with van der Waals surface area (Å²) in [6.45, 7) is 6.24. The molecule has 0 aliphatic rings. The zero-order valence-corrected chi connectivity index (χ0v) is 13.9. The second kappa shape index (κ2) is 9.34. The van der Waals surface area contributed by atoms with Gasteiger partial charge in [0, 0.05) is 5.71 Å². The number of benzene rings is 1. The molecule has 3 N–H and O–H groups in total. The van der Waals surface area contributed by atoms with Crippen LogP contribution < -0.4 is 15.9 Å². The van der Waals surface area contributed by atoms with Crippen molar-refractivity contribution in [2.45, 2.75) is 52.6 Å². The molecule has 21 heavy (non-hydrogen) atoms. The Morgan fingerprint density at radius 1 is 1.29 bits per heavy atom. The molecule has 0 aromatic heterocycles. The van der Waals surface area contributed by atoms with Crippen molar-refractivity contribution in [2.24, 2.45) is 10.8 Å². The second-order valence-corrected chi connectivity index (χ2v) is 5.46. The minimum atomic E-state index is 0.192. The van der Waals surface area contributed by atoms with E-state index in [9.17, 15) is 0 Å². The summed E-state index contributed by atoms with van der Waals surface area (Å²) in [5.74, 6) is 0.938. The average Bonchev–Trinajstić information content (AvgIpc) is 2.49. The number of hydrogen-bond acceptors (Lipinski definition) is 3. The monoisotopic (exact) mass is 307 g/mol. The number of ether oxygens (including phenoxy) is 1. The molecule has 0 saturated carbocycles. The fourth-order valence-corrected chi connectivity index (χ4v) is 1.96. The van der Waals surface area contributed by atoms with E-state index in [-0.39, 0.29) is 5.11 Å². The Morgan fingerprint density at radius 3 is 2.43 bits per heavy atom. The summed E-state index contributed by atoms with van der Waals surface area (Å²) < 4.78 is 5.90. The highest BCUT2D eigenvalue weighted by molar-refractivity contribution is 7.80. The molecule has 1 aromatic carbocycles. The summed E-state index contributed by atoms with van der Waals surface area (Å²) in [5.41, 5.74) is 10.2. The van der Waals surface area contributed by atoms with Crippen molar-refractivity contribution in [3.63, 3.8) is 0 Å². The lowest BCUT2D eigenvalue weighted by molar-refractivity contribution is 0.193. The lowest BCUT2D eigenvalue weighted by Crippen LogP contribution is -2.25. The SMILES string of the molecule is CCC(CC)Oc1ccc(CC/C(C)=N/NC(N)=S)cc1. The van der Waals surface area contributed by atoms with Crippen molar-refractivity contribution in [1.29, 1.82) is 0 Å². The smallest absolute Gasteiger partial charge is 0.184 e. The minimum Gasteiger partial charge on any atom is -0.490 e. The molecule has 1 rings (SSSR count). The molecule has 0 fully saturated rings. The van der Waals surface area contributed by atoms with Gasteiger partial charge in [0.25, 0.3) is 0 Å². The van der Waals surface area contributed by atoms with Gasteiger partial charge in [0.05, 0.1) is 6.10 Å². The number of hydrogen-bond donors (Lipinski definition) is 2. The average molecular weight is 307 g/mol. The van der Waals surface area contributed by atoms with E-state index in [4.69, 9.17) is 22.7 Å². The van der Waals surface area contributed by atoms with Gasteiger partial charge in [-0.25, -0.2) is 0 Å². The van der Waals surface area contributed by atoms with Crippen LogP contribution >= 0.6 is 12.2 Å². The van der Waals surface area contributed by atoms with Crippen LogP contribution in [-0.4, -0.2) is 16.9 Å². The van der Waals surface area contributed by atoms with Crippen molar-refractivity contribution in [3.05, 3.63) is 29.8 Å². The number of nitrogens with zero attached hydrogens (tertiary/aromatic N) is 1. The Morgan fingerprint density at radius 2 is 1.90 bits per heavy atom. The van der Waals surface area contributed by atoms with Gasteiger partial charge in [-0.15, -0.1) is 0 Å². The molecular formula is C16H25N3OS. The van der Waals surface area contributed by atoms with Crippen LogP contribution in [0.4, 0.5) is 0 Å². The van der Waals surface area contributed by atoms with Gasteiger partial charge in [-0.2, -0.15) is 5.10 Å². The third-order valence-electron chi connectivity index (χ3n) is 3.27. The van der Waals surface area contributed by atoms with Crippen LogP contribution in [0.3, 0.4) is 0 Å². The van der Waals surface area contributed by atoms with Gasteiger partial charge in [-0.3, -0.25) is 5.43 Å². The first kappa shape index (κ1) is 17.4. The van der Waals surface area contributed by atoms with E-state index in [0.29, 0.717) is 6.10 Å². The molecule has 0 saturated heterocycles. The number of aryl methyl sites for hydroxylation is 1. The fraction of sp³-hybridized carbons (Fsp3) is 0.500. The van der Waals surface area contributed by atoms with Crippen LogP contribution in [0, 0.1) is 0 Å². The van der Waals surface area contributed by atoms with E-state index in [1.54, 1.807) is 0 Å². The predicted molar refractivity (Wildman–Crippen MR) is 92.8 cm³/mol. The molecule has 5 heteroatoms. The fourth-order valence-electron chi connectivity index (χ4n) is 1.91. The Bertz CT molecular complexity index is 467. The Labute approximate surface area is 132 Å². The van der Waals surface area contributed by atoms with Crippen LogP contribution in [0.1, 0.15) is 45.6 Å². The molecule has 0 amide bonds. The lowest BCUT2D eigenvalue weighted by Gasteiger charge is -2.15. The largest absolute Gasteiger partial charge is 0.490 e. The van der Waals surface area contributed by atoms with Crippen LogP contribution in [0.2, 0.25) is 0 Å². The van der Waals surface area contributed by atoms with Gasteiger partial charge in [0.2, 0.25) is 0 Å². The maximum Gasteiger partial charge on any atom is 0.184 e. The first-order valence-electron chi connectivity index (χ1n) is 7.39.